The van der Waals surface area contributed by atoms with Crippen LogP contribution in [-0.4, -0.2) is 28.2 Å². The number of nitrogens with one attached hydrogen (secondary N) is 2. The number of aromatic amines is 2. The highest BCUT2D eigenvalue weighted by atomic mass is 19.1. The molecule has 2 heterocycles. The summed E-state index contributed by atoms with van der Waals surface area (Å²) in [5.41, 5.74) is 1.87. The molecule has 2 N–H and O–H groups in total. The van der Waals surface area contributed by atoms with Gasteiger partial charge in [-0.05, 0) is 30.7 Å². The topological polar surface area (TPSA) is 51.9 Å². The van der Waals surface area contributed by atoms with E-state index in [1.165, 1.54) is 6.07 Å². The van der Waals surface area contributed by atoms with Gasteiger partial charge in [-0.2, -0.15) is 0 Å². The number of nitrogens with zero attached hydrogens (tertiary/aromatic N) is 1. The Morgan fingerprint density at radius 1 is 1.32 bits per heavy atom. The highest BCUT2D eigenvalue weighted by Gasteiger charge is 2.25. The zero-order chi connectivity index (χ0) is 13.2. The van der Waals surface area contributed by atoms with Crippen LogP contribution in [0.5, 0.6) is 0 Å². The second-order valence-corrected chi connectivity index (χ2v) is 5.06. The van der Waals surface area contributed by atoms with Crippen LogP contribution in [0.2, 0.25) is 0 Å². The molecule has 0 spiro atoms. The third kappa shape index (κ3) is 2.76. The number of rotatable bonds is 3. The van der Waals surface area contributed by atoms with Crippen LogP contribution in [-0.2, 0) is 6.54 Å². The predicted molar refractivity (Wildman–Crippen MR) is 70.4 cm³/mol. The standard InChI is InChI=1S/C14H16FN3O/c15-12-3-1-2-10(6-12)8-18-5-4-11(9-18)13-7-14(19)17-16-13/h1-3,6-7,11H,4-5,8-9H2,(H2,16,17,19). The second-order valence-electron chi connectivity index (χ2n) is 5.06. The molecule has 1 unspecified atom stereocenters. The third-order valence-electron chi connectivity index (χ3n) is 3.62. The Kier molecular flexibility index (Phi) is 3.21. The SMILES string of the molecule is O=c1cc(C2CCN(Cc3cccc(F)c3)C2)[nH][nH]1. The van der Waals surface area contributed by atoms with Crippen molar-refractivity contribution in [1.82, 2.24) is 15.1 Å². The van der Waals surface area contributed by atoms with E-state index in [2.05, 4.69) is 15.1 Å². The quantitative estimate of drug-likeness (QED) is 0.885. The van der Waals surface area contributed by atoms with Crippen molar-refractivity contribution in [3.63, 3.8) is 0 Å². The summed E-state index contributed by atoms with van der Waals surface area (Å²) in [4.78, 5) is 13.4. The van der Waals surface area contributed by atoms with Crippen LogP contribution in [0.15, 0.2) is 35.1 Å². The molecule has 0 amide bonds. The first-order chi connectivity index (χ1) is 9.20. The molecule has 1 aliphatic heterocycles. The number of benzene rings is 1. The lowest BCUT2D eigenvalue weighted by atomic mass is 10.1. The molecule has 1 aliphatic rings. The van der Waals surface area contributed by atoms with E-state index in [9.17, 15) is 9.18 Å². The van der Waals surface area contributed by atoms with Crippen molar-refractivity contribution in [2.24, 2.45) is 0 Å². The van der Waals surface area contributed by atoms with E-state index in [1.807, 2.05) is 6.07 Å². The lowest BCUT2D eigenvalue weighted by molar-refractivity contribution is 0.326. The summed E-state index contributed by atoms with van der Waals surface area (Å²) in [7, 11) is 0. The van der Waals surface area contributed by atoms with E-state index in [0.29, 0.717) is 5.92 Å². The van der Waals surface area contributed by atoms with Crippen molar-refractivity contribution in [1.29, 1.82) is 0 Å². The van der Waals surface area contributed by atoms with Gasteiger partial charge < -0.3 is 5.10 Å². The Bertz CT molecular complexity index is 619. The molecule has 1 aromatic heterocycles. The summed E-state index contributed by atoms with van der Waals surface area (Å²) >= 11 is 0. The first kappa shape index (κ1) is 12.2. The number of hydrogen-bond donors (Lipinski definition) is 2. The average molecular weight is 261 g/mol. The van der Waals surface area contributed by atoms with Gasteiger partial charge in [-0.1, -0.05) is 12.1 Å². The van der Waals surface area contributed by atoms with Crippen LogP contribution in [0.3, 0.4) is 0 Å². The van der Waals surface area contributed by atoms with Gasteiger partial charge in [0.25, 0.3) is 5.56 Å². The van der Waals surface area contributed by atoms with Crippen LogP contribution in [0, 0.1) is 5.82 Å². The Labute approximate surface area is 110 Å². The molecule has 1 saturated heterocycles. The molecular formula is C14H16FN3O. The van der Waals surface area contributed by atoms with Crippen molar-refractivity contribution in [2.45, 2.75) is 18.9 Å². The van der Waals surface area contributed by atoms with E-state index >= 15 is 0 Å². The predicted octanol–water partition coefficient (Wildman–Crippen LogP) is 1.83. The molecule has 1 fully saturated rings. The van der Waals surface area contributed by atoms with Crippen LogP contribution in [0.4, 0.5) is 4.39 Å². The molecule has 2 aromatic rings. The normalized spacial score (nSPS) is 19.9. The molecule has 3 rings (SSSR count). The molecule has 100 valence electrons. The maximum Gasteiger partial charge on any atom is 0.264 e. The summed E-state index contributed by atoms with van der Waals surface area (Å²) in [6, 6.07) is 8.33. The highest BCUT2D eigenvalue weighted by molar-refractivity contribution is 5.17. The minimum atomic E-state index is -0.191. The van der Waals surface area contributed by atoms with E-state index in [0.717, 1.165) is 37.3 Å². The summed E-state index contributed by atoms with van der Waals surface area (Å²) in [6.45, 7) is 2.61. The van der Waals surface area contributed by atoms with E-state index in [-0.39, 0.29) is 11.4 Å². The number of hydrogen-bond acceptors (Lipinski definition) is 2. The fourth-order valence-corrected chi connectivity index (χ4v) is 2.69. The van der Waals surface area contributed by atoms with Crippen molar-refractivity contribution in [2.75, 3.05) is 13.1 Å². The molecule has 19 heavy (non-hydrogen) atoms. The van der Waals surface area contributed by atoms with E-state index < -0.39 is 0 Å². The minimum absolute atomic E-state index is 0.0846. The Balaban J connectivity index is 1.64. The lowest BCUT2D eigenvalue weighted by Crippen LogP contribution is -2.19. The largest absolute Gasteiger partial charge is 0.302 e. The van der Waals surface area contributed by atoms with Gasteiger partial charge in [-0.15, -0.1) is 0 Å². The number of H-pyrrole nitrogens is 2. The Hall–Kier alpha value is -1.88. The van der Waals surface area contributed by atoms with Crippen LogP contribution >= 0.6 is 0 Å². The van der Waals surface area contributed by atoms with Gasteiger partial charge in [0.2, 0.25) is 0 Å². The zero-order valence-electron chi connectivity index (χ0n) is 10.5. The second kappa shape index (κ2) is 5.01. The third-order valence-corrected chi connectivity index (χ3v) is 3.62. The van der Waals surface area contributed by atoms with E-state index in [1.54, 1.807) is 18.2 Å². The highest BCUT2D eigenvalue weighted by Crippen LogP contribution is 2.26. The van der Waals surface area contributed by atoms with Crippen molar-refractivity contribution >= 4 is 0 Å². The van der Waals surface area contributed by atoms with Crippen LogP contribution < -0.4 is 5.56 Å². The minimum Gasteiger partial charge on any atom is -0.302 e. The van der Waals surface area contributed by atoms with Gasteiger partial charge in [-0.3, -0.25) is 14.8 Å². The first-order valence-electron chi connectivity index (χ1n) is 6.45. The first-order valence-corrected chi connectivity index (χ1v) is 6.45. The van der Waals surface area contributed by atoms with Gasteiger partial charge in [0.1, 0.15) is 5.82 Å². The maximum absolute atomic E-state index is 13.1. The number of likely N-dealkylation sites (tertiary alicyclic amines) is 1. The fourth-order valence-electron chi connectivity index (χ4n) is 2.69. The molecule has 0 bridgehead atoms. The van der Waals surface area contributed by atoms with Gasteiger partial charge in [0.15, 0.2) is 0 Å². The Morgan fingerprint density at radius 3 is 2.95 bits per heavy atom. The molecule has 0 aliphatic carbocycles. The van der Waals surface area contributed by atoms with Gasteiger partial charge in [0, 0.05) is 30.8 Å². The summed E-state index contributed by atoms with van der Waals surface area (Å²) in [6.07, 6.45) is 1.02. The van der Waals surface area contributed by atoms with Crippen molar-refractivity contribution < 1.29 is 4.39 Å². The molecule has 0 radical (unpaired) electrons. The smallest absolute Gasteiger partial charge is 0.264 e. The summed E-state index contributed by atoms with van der Waals surface area (Å²) in [5, 5.41) is 5.49. The summed E-state index contributed by atoms with van der Waals surface area (Å²) in [5.74, 6) is 0.163. The number of aromatic nitrogens is 2. The zero-order valence-corrected chi connectivity index (χ0v) is 10.5. The van der Waals surface area contributed by atoms with Gasteiger partial charge in [-0.25, -0.2) is 4.39 Å². The van der Waals surface area contributed by atoms with Crippen molar-refractivity contribution in [3.8, 4) is 0 Å². The monoisotopic (exact) mass is 261 g/mol. The molecule has 1 atom stereocenters. The lowest BCUT2D eigenvalue weighted by Gasteiger charge is -2.15. The molecule has 1 aromatic carbocycles. The molecular weight excluding hydrogens is 245 g/mol. The van der Waals surface area contributed by atoms with E-state index in [4.69, 9.17) is 0 Å². The van der Waals surface area contributed by atoms with Crippen molar-refractivity contribution in [3.05, 3.63) is 57.8 Å². The number of halogens is 1. The average Bonchev–Trinajstić information content (AvgIpc) is 2.98. The van der Waals surface area contributed by atoms with Crippen LogP contribution in [0.1, 0.15) is 23.6 Å². The van der Waals surface area contributed by atoms with Crippen LogP contribution in [0.25, 0.3) is 0 Å². The van der Waals surface area contributed by atoms with Gasteiger partial charge in [0.05, 0.1) is 0 Å². The maximum atomic E-state index is 13.1. The molecule has 4 nitrogen and oxygen atoms in total. The fraction of sp³-hybridized carbons (Fsp3) is 0.357. The van der Waals surface area contributed by atoms with Gasteiger partial charge >= 0.3 is 0 Å². The Morgan fingerprint density at radius 2 is 2.21 bits per heavy atom. The summed E-state index contributed by atoms with van der Waals surface area (Å²) < 4.78 is 13.1. The molecule has 0 saturated carbocycles. The molecule has 5 heteroatoms.